The van der Waals surface area contributed by atoms with E-state index in [2.05, 4.69) is 25.6 Å². The average molecular weight is 527 g/mol. The minimum Gasteiger partial charge on any atom is -0.408 e. The van der Waals surface area contributed by atoms with Crippen LogP contribution in [0, 0.1) is 36.2 Å². The fourth-order valence-corrected chi connectivity index (χ4v) is 6.02. The van der Waals surface area contributed by atoms with Crippen molar-refractivity contribution in [3.8, 4) is 0 Å². The molecule has 3 aliphatic rings. The van der Waals surface area contributed by atoms with Gasteiger partial charge in [0.15, 0.2) is 17.5 Å². The van der Waals surface area contributed by atoms with Gasteiger partial charge in [0.1, 0.15) is 11.9 Å². The van der Waals surface area contributed by atoms with Crippen LogP contribution in [0.1, 0.15) is 54.9 Å². The van der Waals surface area contributed by atoms with Crippen molar-refractivity contribution in [3.63, 3.8) is 0 Å². The molecule has 0 radical (unpaired) electrons. The number of rotatable bonds is 4. The van der Waals surface area contributed by atoms with Crippen molar-refractivity contribution in [1.82, 2.24) is 25.0 Å². The van der Waals surface area contributed by atoms with Crippen LogP contribution in [0.25, 0.3) is 0 Å². The Labute approximate surface area is 207 Å². The topological polar surface area (TPSA) is 84.9 Å². The fraction of sp³-hybridized carbons (Fsp3) is 0.565. The maximum Gasteiger partial charge on any atom is 0.410 e. The Morgan fingerprint density at radius 1 is 0.973 bits per heavy atom. The molecule has 37 heavy (non-hydrogen) atoms. The Morgan fingerprint density at radius 2 is 1.70 bits per heavy atom. The van der Waals surface area contributed by atoms with Crippen LogP contribution in [-0.2, 0) is 0 Å². The van der Waals surface area contributed by atoms with E-state index < -0.39 is 42.0 Å². The number of alkyl halides is 3. The Kier molecular flexibility index (Phi) is 5.60. The van der Waals surface area contributed by atoms with E-state index in [1.807, 2.05) is 4.90 Å². The predicted molar refractivity (Wildman–Crippen MR) is 117 cm³/mol. The van der Waals surface area contributed by atoms with Crippen LogP contribution < -0.4 is 10.2 Å². The van der Waals surface area contributed by atoms with E-state index in [0.717, 1.165) is 29.7 Å². The van der Waals surface area contributed by atoms with Crippen LogP contribution in [0.3, 0.4) is 0 Å². The molecule has 0 spiro atoms. The molecular formula is C23H23F6N7O. The van der Waals surface area contributed by atoms with Crippen molar-refractivity contribution < 1.29 is 30.8 Å². The number of halogens is 6. The summed E-state index contributed by atoms with van der Waals surface area (Å²) < 4.78 is 89.9. The van der Waals surface area contributed by atoms with Gasteiger partial charge in [-0.15, -0.1) is 10.2 Å². The number of hydrogen-bond donors (Lipinski definition) is 1. The van der Waals surface area contributed by atoms with Crippen LogP contribution in [0.2, 0.25) is 0 Å². The normalized spacial score (nSPS) is 27.4. The van der Waals surface area contributed by atoms with Crippen molar-refractivity contribution in [1.29, 1.82) is 0 Å². The summed E-state index contributed by atoms with van der Waals surface area (Å²) in [4.78, 5) is 6.35. The molecule has 2 bridgehead atoms. The number of benzene rings is 1. The van der Waals surface area contributed by atoms with Crippen LogP contribution >= 0.6 is 0 Å². The quantitative estimate of drug-likeness (QED) is 0.388. The van der Waals surface area contributed by atoms with Gasteiger partial charge in [-0.3, -0.25) is 0 Å². The number of piperidine rings is 1. The van der Waals surface area contributed by atoms with E-state index in [1.165, 1.54) is 0 Å². The molecule has 1 N–H and O–H groups in total. The van der Waals surface area contributed by atoms with E-state index >= 15 is 0 Å². The third-order valence-corrected chi connectivity index (χ3v) is 7.73. The van der Waals surface area contributed by atoms with Crippen molar-refractivity contribution in [3.05, 3.63) is 46.9 Å². The van der Waals surface area contributed by atoms with Gasteiger partial charge in [0.25, 0.3) is 0 Å². The lowest BCUT2D eigenvalue weighted by Gasteiger charge is -2.37. The Bertz CT molecular complexity index is 1310. The first-order chi connectivity index (χ1) is 17.6. The Hall–Kier alpha value is -3.32. The highest BCUT2D eigenvalue weighted by atomic mass is 19.4. The number of aryl methyl sites for hydroxylation is 1. The monoisotopic (exact) mass is 527 g/mol. The largest absolute Gasteiger partial charge is 0.410 e. The number of aromatic nitrogens is 5. The number of anilines is 2. The van der Waals surface area contributed by atoms with Gasteiger partial charge in [0, 0.05) is 37.5 Å². The molecule has 1 aliphatic carbocycles. The summed E-state index contributed by atoms with van der Waals surface area (Å²) in [6, 6.07) is 0.211. The highest BCUT2D eigenvalue weighted by Gasteiger charge is 2.48. The molecule has 14 heteroatoms. The molecule has 3 aromatic rings. The second kappa shape index (κ2) is 8.62. The Balaban J connectivity index is 1.30. The lowest BCUT2D eigenvalue weighted by molar-refractivity contribution is -0.175. The second-order valence-corrected chi connectivity index (χ2v) is 9.97. The van der Waals surface area contributed by atoms with Gasteiger partial charge in [-0.2, -0.15) is 18.2 Å². The predicted octanol–water partition coefficient (Wildman–Crippen LogP) is 4.74. The maximum absolute atomic E-state index is 14.6. The molecule has 6 rings (SSSR count). The molecule has 2 fully saturated rings. The summed E-state index contributed by atoms with van der Waals surface area (Å²) >= 11 is 0. The fourth-order valence-electron chi connectivity index (χ4n) is 6.02. The summed E-state index contributed by atoms with van der Waals surface area (Å²) in [5.41, 5.74) is -0.247. The molecule has 2 aliphatic heterocycles. The van der Waals surface area contributed by atoms with Gasteiger partial charge in [0.2, 0.25) is 11.8 Å². The summed E-state index contributed by atoms with van der Waals surface area (Å²) in [5, 5.41) is 15.3. The van der Waals surface area contributed by atoms with E-state index in [0.29, 0.717) is 25.0 Å². The van der Waals surface area contributed by atoms with Crippen LogP contribution in [0.5, 0.6) is 0 Å². The molecular weight excluding hydrogens is 504 g/mol. The zero-order chi connectivity index (χ0) is 26.1. The number of hydrogen-bond acceptors (Lipinski definition) is 7. The molecule has 198 valence electrons. The number of nitrogens with one attached hydrogen (secondary N) is 1. The minimum atomic E-state index is -4.61. The van der Waals surface area contributed by atoms with Crippen LogP contribution in [0.4, 0.5) is 38.3 Å². The zero-order valence-electron chi connectivity index (χ0n) is 19.6. The minimum absolute atomic E-state index is 0.00289. The third kappa shape index (κ3) is 4.09. The van der Waals surface area contributed by atoms with Crippen molar-refractivity contribution in [2.24, 2.45) is 11.8 Å². The number of nitrogens with zero attached hydrogens (tertiary/aromatic N) is 6. The zero-order valence-corrected chi connectivity index (χ0v) is 19.6. The van der Waals surface area contributed by atoms with Crippen molar-refractivity contribution in [2.75, 3.05) is 23.3 Å². The number of fused-ring (bicyclic) bond motifs is 3. The molecule has 5 atom stereocenters. The van der Waals surface area contributed by atoms with Gasteiger partial charge >= 0.3 is 12.2 Å². The Morgan fingerprint density at radius 3 is 2.35 bits per heavy atom. The lowest BCUT2D eigenvalue weighted by atomic mass is 9.88. The van der Waals surface area contributed by atoms with Gasteiger partial charge in [-0.05, 0) is 43.6 Å². The van der Waals surface area contributed by atoms with Crippen molar-refractivity contribution >= 4 is 12.0 Å². The molecule has 1 saturated heterocycles. The van der Waals surface area contributed by atoms with Gasteiger partial charge in [-0.25, -0.2) is 17.9 Å². The smallest absolute Gasteiger partial charge is 0.408 e. The first-order valence-electron chi connectivity index (χ1n) is 12.1. The first kappa shape index (κ1) is 24.0. The average Bonchev–Trinajstić information content (AvgIpc) is 3.52. The van der Waals surface area contributed by atoms with Gasteiger partial charge in [-0.1, -0.05) is 11.2 Å². The van der Waals surface area contributed by atoms with Crippen LogP contribution in [-0.4, -0.2) is 50.3 Å². The van der Waals surface area contributed by atoms with E-state index in [1.54, 1.807) is 6.92 Å². The molecule has 1 saturated carbocycles. The SMILES string of the molecule is Cc1nnc(N2CC3CC[C@@H](C2)[C@@H]3Nc2nc3n(n2)C(C(F)(F)F)CCC3c2ccc(F)c(F)c2F)o1. The third-order valence-electron chi connectivity index (χ3n) is 7.73. The van der Waals surface area contributed by atoms with E-state index in [4.69, 9.17) is 4.42 Å². The first-order valence-corrected chi connectivity index (χ1v) is 12.1. The van der Waals surface area contributed by atoms with Gasteiger partial charge < -0.3 is 14.6 Å². The van der Waals surface area contributed by atoms with E-state index in [9.17, 15) is 26.3 Å². The maximum atomic E-state index is 14.6. The summed E-state index contributed by atoms with van der Waals surface area (Å²) in [6.07, 6.45) is -3.35. The molecule has 2 aromatic heterocycles. The molecule has 3 unspecified atom stereocenters. The molecule has 0 amide bonds. The molecule has 1 aromatic carbocycles. The lowest BCUT2D eigenvalue weighted by Crippen LogP contribution is -2.48. The van der Waals surface area contributed by atoms with Gasteiger partial charge in [0.05, 0.1) is 0 Å². The molecule has 8 nitrogen and oxygen atoms in total. The molecule has 4 heterocycles. The standard InChI is InChI=1S/C23H23F6N7O/c1-10-32-33-22(37-10)35-8-11-2-3-12(9-35)19(11)30-21-31-20-14(13-4-6-15(24)18(26)17(13)25)5-7-16(23(27,28)29)36(20)34-21/h4,6,11-12,14,16,19H,2-3,5,7-9H2,1H3,(H,30,34)/t11-,12?,14?,16?,19-/m0/s1. The van der Waals surface area contributed by atoms with Crippen molar-refractivity contribution in [2.45, 2.75) is 56.8 Å². The summed E-state index contributed by atoms with van der Waals surface area (Å²) in [5.74, 6) is -4.85. The summed E-state index contributed by atoms with van der Waals surface area (Å²) in [6.45, 7) is 2.95. The highest BCUT2D eigenvalue weighted by Crippen LogP contribution is 2.45. The van der Waals surface area contributed by atoms with Crippen LogP contribution in [0.15, 0.2) is 16.5 Å². The second-order valence-electron chi connectivity index (χ2n) is 9.97. The van der Waals surface area contributed by atoms with E-state index in [-0.39, 0.29) is 41.6 Å². The highest BCUT2D eigenvalue weighted by molar-refractivity contribution is 5.37. The summed E-state index contributed by atoms with van der Waals surface area (Å²) in [7, 11) is 0.